The van der Waals surface area contributed by atoms with E-state index in [1.54, 1.807) is 20.8 Å². The largest absolute Gasteiger partial charge is 0.444 e. The van der Waals surface area contributed by atoms with Crippen molar-refractivity contribution in [3.63, 3.8) is 0 Å². The minimum absolute atomic E-state index is 0.239. The number of hydrogen-bond acceptors (Lipinski definition) is 3. The molecular weight excluding hydrogens is 261 g/mol. The summed E-state index contributed by atoms with van der Waals surface area (Å²) >= 11 is 0. The van der Waals surface area contributed by atoms with Crippen molar-refractivity contribution in [1.82, 2.24) is 5.32 Å². The summed E-state index contributed by atoms with van der Waals surface area (Å²) in [7, 11) is 0. The molecule has 0 radical (unpaired) electrons. The lowest BCUT2D eigenvalue weighted by atomic mass is 10.0. The number of carbonyl (C=O) groups excluding carboxylic acids is 2. The number of rotatable bonds is 5. The Bertz CT molecular complexity index is 454. The monoisotopic (exact) mass is 281 g/mol. The van der Waals surface area contributed by atoms with E-state index in [9.17, 15) is 14.0 Å². The molecule has 0 heterocycles. The van der Waals surface area contributed by atoms with Crippen LogP contribution in [-0.4, -0.2) is 30.2 Å². The van der Waals surface area contributed by atoms with Crippen molar-refractivity contribution in [2.24, 2.45) is 0 Å². The Morgan fingerprint density at radius 2 is 1.85 bits per heavy atom. The predicted molar refractivity (Wildman–Crippen MR) is 74.3 cm³/mol. The number of ketones is 1. The summed E-state index contributed by atoms with van der Waals surface area (Å²) < 4.78 is 17.7. The van der Waals surface area contributed by atoms with Crippen molar-refractivity contribution >= 4 is 11.9 Å². The maximum Gasteiger partial charge on any atom is 0.408 e. The third-order valence-electron chi connectivity index (χ3n) is 2.49. The van der Waals surface area contributed by atoms with Crippen molar-refractivity contribution in [3.8, 4) is 0 Å². The van der Waals surface area contributed by atoms with Crippen LogP contribution in [0.5, 0.6) is 0 Å². The average molecular weight is 281 g/mol. The van der Waals surface area contributed by atoms with E-state index in [1.807, 2.05) is 30.3 Å². The summed E-state index contributed by atoms with van der Waals surface area (Å²) in [6, 6.07) is 8.19. The van der Waals surface area contributed by atoms with E-state index >= 15 is 0 Å². The summed E-state index contributed by atoms with van der Waals surface area (Å²) in [6.45, 7) is 4.04. The van der Waals surface area contributed by atoms with Gasteiger partial charge in [0.1, 0.15) is 12.3 Å². The molecule has 0 aliphatic rings. The first-order valence-corrected chi connectivity index (χ1v) is 6.44. The Morgan fingerprint density at radius 3 is 2.35 bits per heavy atom. The Hall–Kier alpha value is -1.91. The van der Waals surface area contributed by atoms with Crippen LogP contribution in [0.25, 0.3) is 0 Å². The smallest absolute Gasteiger partial charge is 0.408 e. The molecule has 5 heteroatoms. The van der Waals surface area contributed by atoms with Crippen LogP contribution < -0.4 is 5.32 Å². The SMILES string of the molecule is CC(C)(C)OC(=O)N[C@@H](Cc1ccccc1)C(=O)CF. The van der Waals surface area contributed by atoms with Crippen molar-refractivity contribution < 1.29 is 18.7 Å². The molecule has 20 heavy (non-hydrogen) atoms. The van der Waals surface area contributed by atoms with E-state index in [0.717, 1.165) is 5.56 Å². The van der Waals surface area contributed by atoms with Crippen LogP contribution in [0.3, 0.4) is 0 Å². The molecule has 1 N–H and O–H groups in total. The van der Waals surface area contributed by atoms with Crippen molar-refractivity contribution in [1.29, 1.82) is 0 Å². The van der Waals surface area contributed by atoms with Gasteiger partial charge in [0.15, 0.2) is 5.78 Å². The Labute approximate surface area is 118 Å². The number of amides is 1. The highest BCUT2D eigenvalue weighted by molar-refractivity contribution is 5.88. The number of nitrogens with one attached hydrogen (secondary N) is 1. The van der Waals surface area contributed by atoms with Gasteiger partial charge in [0.2, 0.25) is 0 Å². The molecule has 0 aliphatic heterocycles. The number of benzene rings is 1. The van der Waals surface area contributed by atoms with Crippen LogP contribution in [0.1, 0.15) is 26.3 Å². The molecular formula is C15H20FNO3. The van der Waals surface area contributed by atoms with Crippen LogP contribution in [0.15, 0.2) is 30.3 Å². The fourth-order valence-corrected chi connectivity index (χ4v) is 1.64. The summed E-state index contributed by atoms with van der Waals surface area (Å²) in [5, 5.41) is 2.42. The first-order valence-electron chi connectivity index (χ1n) is 6.44. The van der Waals surface area contributed by atoms with Gasteiger partial charge in [-0.3, -0.25) is 4.79 Å². The zero-order valence-electron chi connectivity index (χ0n) is 12.0. The lowest BCUT2D eigenvalue weighted by Gasteiger charge is -2.22. The topological polar surface area (TPSA) is 55.4 Å². The van der Waals surface area contributed by atoms with Gasteiger partial charge in [0.25, 0.3) is 0 Å². The van der Waals surface area contributed by atoms with Gasteiger partial charge in [-0.1, -0.05) is 30.3 Å². The molecule has 0 saturated heterocycles. The maximum absolute atomic E-state index is 12.6. The molecule has 4 nitrogen and oxygen atoms in total. The number of alkyl halides is 1. The van der Waals surface area contributed by atoms with E-state index in [2.05, 4.69) is 5.32 Å². The lowest BCUT2D eigenvalue weighted by Crippen LogP contribution is -2.45. The Kier molecular flexibility index (Phi) is 5.67. The lowest BCUT2D eigenvalue weighted by molar-refractivity contribution is -0.121. The van der Waals surface area contributed by atoms with Crippen molar-refractivity contribution in [2.75, 3.05) is 6.67 Å². The number of Topliss-reactive ketones (excluding diaryl/α,β-unsaturated/α-hetero) is 1. The molecule has 110 valence electrons. The third kappa shape index (κ3) is 5.82. The molecule has 0 fully saturated rings. The number of hydrogen-bond donors (Lipinski definition) is 1. The van der Waals surface area contributed by atoms with E-state index < -0.39 is 30.2 Å². The number of halogens is 1. The molecule has 0 aromatic heterocycles. The molecule has 1 rings (SSSR count). The molecule has 0 bridgehead atoms. The van der Waals surface area contributed by atoms with Gasteiger partial charge in [0, 0.05) is 0 Å². The van der Waals surface area contributed by atoms with Crippen molar-refractivity contribution in [2.45, 2.75) is 38.8 Å². The van der Waals surface area contributed by atoms with Gasteiger partial charge < -0.3 is 10.1 Å². The molecule has 1 amide bonds. The van der Waals surface area contributed by atoms with Gasteiger partial charge in [-0.05, 0) is 32.8 Å². The standard InChI is InChI=1S/C15H20FNO3/c1-15(2,3)20-14(19)17-12(13(18)10-16)9-11-7-5-4-6-8-11/h4-8,12H,9-10H2,1-3H3,(H,17,19)/t12-/m0/s1. The highest BCUT2D eigenvalue weighted by Crippen LogP contribution is 2.09. The van der Waals surface area contributed by atoms with Gasteiger partial charge in [-0.2, -0.15) is 0 Å². The van der Waals surface area contributed by atoms with Crippen LogP contribution in [0.2, 0.25) is 0 Å². The summed E-state index contributed by atoms with van der Waals surface area (Å²) in [6.07, 6.45) is -0.483. The highest BCUT2D eigenvalue weighted by Gasteiger charge is 2.24. The van der Waals surface area contributed by atoms with Crippen molar-refractivity contribution in [3.05, 3.63) is 35.9 Å². The summed E-state index contributed by atoms with van der Waals surface area (Å²) in [5.74, 6) is -0.667. The van der Waals surface area contributed by atoms with Crippen LogP contribution >= 0.6 is 0 Å². The minimum atomic E-state index is -1.12. The van der Waals surface area contributed by atoms with Gasteiger partial charge in [-0.15, -0.1) is 0 Å². The number of carbonyl (C=O) groups is 2. The first-order chi connectivity index (χ1) is 9.31. The fourth-order valence-electron chi connectivity index (χ4n) is 1.64. The Morgan fingerprint density at radius 1 is 1.25 bits per heavy atom. The molecule has 0 unspecified atom stereocenters. The Balaban J connectivity index is 2.70. The van der Waals surface area contributed by atoms with E-state index in [-0.39, 0.29) is 6.42 Å². The minimum Gasteiger partial charge on any atom is -0.444 e. The first kappa shape index (κ1) is 16.1. The van der Waals surface area contributed by atoms with E-state index in [0.29, 0.717) is 0 Å². The average Bonchev–Trinajstić information content (AvgIpc) is 2.36. The highest BCUT2D eigenvalue weighted by atomic mass is 19.1. The molecule has 0 saturated carbocycles. The summed E-state index contributed by atoms with van der Waals surface area (Å²) in [5.41, 5.74) is 0.176. The summed E-state index contributed by atoms with van der Waals surface area (Å²) in [4.78, 5) is 23.2. The van der Waals surface area contributed by atoms with E-state index in [4.69, 9.17) is 4.74 Å². The fraction of sp³-hybridized carbons (Fsp3) is 0.467. The zero-order valence-corrected chi connectivity index (χ0v) is 12.0. The number of alkyl carbamates (subject to hydrolysis) is 1. The van der Waals surface area contributed by atoms with Crippen LogP contribution in [-0.2, 0) is 16.0 Å². The normalized spacial score (nSPS) is 12.6. The quantitative estimate of drug-likeness (QED) is 0.902. The molecule has 1 aromatic carbocycles. The second kappa shape index (κ2) is 7.03. The van der Waals surface area contributed by atoms with Gasteiger partial charge >= 0.3 is 6.09 Å². The maximum atomic E-state index is 12.6. The van der Waals surface area contributed by atoms with Gasteiger partial charge in [-0.25, -0.2) is 9.18 Å². The second-order valence-corrected chi connectivity index (χ2v) is 5.49. The third-order valence-corrected chi connectivity index (χ3v) is 2.49. The van der Waals surface area contributed by atoms with Crippen LogP contribution in [0, 0.1) is 0 Å². The zero-order chi connectivity index (χ0) is 15.2. The van der Waals surface area contributed by atoms with E-state index in [1.165, 1.54) is 0 Å². The molecule has 0 spiro atoms. The molecule has 0 aliphatic carbocycles. The second-order valence-electron chi connectivity index (χ2n) is 5.49. The van der Waals surface area contributed by atoms with Crippen LogP contribution in [0.4, 0.5) is 9.18 Å². The predicted octanol–water partition coefficient (Wildman–Crippen LogP) is 2.66. The molecule has 1 atom stereocenters. The van der Waals surface area contributed by atoms with Gasteiger partial charge in [0.05, 0.1) is 6.04 Å². The molecule has 1 aromatic rings. The number of ether oxygens (including phenoxy) is 1.